The van der Waals surface area contributed by atoms with Crippen LogP contribution in [0.3, 0.4) is 0 Å². The van der Waals surface area contributed by atoms with Gasteiger partial charge in [0.05, 0.1) is 0 Å². The van der Waals surface area contributed by atoms with Crippen molar-refractivity contribution in [3.63, 3.8) is 0 Å². The van der Waals surface area contributed by atoms with E-state index in [9.17, 15) is 8.78 Å². The zero-order chi connectivity index (χ0) is 11.5. The van der Waals surface area contributed by atoms with E-state index >= 15 is 0 Å². The van der Waals surface area contributed by atoms with Gasteiger partial charge in [0, 0.05) is 24.7 Å². The van der Waals surface area contributed by atoms with E-state index in [-0.39, 0.29) is 18.4 Å². The molecule has 0 aliphatic carbocycles. The summed E-state index contributed by atoms with van der Waals surface area (Å²) in [6, 6.07) is 4.46. The summed E-state index contributed by atoms with van der Waals surface area (Å²) in [4.78, 5) is 2.08. The van der Waals surface area contributed by atoms with Gasteiger partial charge in [-0.2, -0.15) is 0 Å². The van der Waals surface area contributed by atoms with Crippen molar-refractivity contribution in [3.05, 3.63) is 35.4 Å². The second-order valence-electron chi connectivity index (χ2n) is 4.35. The summed E-state index contributed by atoms with van der Waals surface area (Å²) in [5, 5.41) is 0. The first-order chi connectivity index (χ1) is 7.66. The smallest absolute Gasteiger partial charge is 0.163 e. The first-order valence-electron chi connectivity index (χ1n) is 5.57. The Bertz CT molecular complexity index is 374. The van der Waals surface area contributed by atoms with Gasteiger partial charge in [0.25, 0.3) is 0 Å². The zero-order valence-electron chi connectivity index (χ0n) is 9.53. The summed E-state index contributed by atoms with van der Waals surface area (Å²) in [5.41, 5.74) is 6.25. The van der Waals surface area contributed by atoms with Crippen LogP contribution in [0.1, 0.15) is 18.4 Å². The lowest BCUT2D eigenvalue weighted by atomic mass is 10.1. The monoisotopic (exact) mass is 262 g/mol. The quantitative estimate of drug-likeness (QED) is 0.886. The third-order valence-electron chi connectivity index (χ3n) is 2.97. The molecule has 1 aliphatic rings. The van der Waals surface area contributed by atoms with E-state index in [1.807, 2.05) is 0 Å². The molecule has 0 amide bonds. The Morgan fingerprint density at radius 1 is 1.35 bits per heavy atom. The van der Waals surface area contributed by atoms with Crippen LogP contribution in [0.15, 0.2) is 18.2 Å². The van der Waals surface area contributed by atoms with E-state index in [4.69, 9.17) is 5.73 Å². The lowest BCUT2D eigenvalue weighted by Crippen LogP contribution is -2.42. The largest absolute Gasteiger partial charge is 0.327 e. The van der Waals surface area contributed by atoms with Crippen molar-refractivity contribution in [2.24, 2.45) is 5.73 Å². The van der Waals surface area contributed by atoms with Gasteiger partial charge < -0.3 is 5.73 Å². The zero-order valence-corrected chi connectivity index (χ0v) is 10.4. The number of hydrogen-bond donors (Lipinski definition) is 1. The topological polar surface area (TPSA) is 29.3 Å². The van der Waals surface area contributed by atoms with Gasteiger partial charge in [-0.25, -0.2) is 8.78 Å². The maximum Gasteiger partial charge on any atom is 0.163 e. The van der Waals surface area contributed by atoms with Gasteiger partial charge in [-0.1, -0.05) is 12.1 Å². The molecule has 1 aliphatic heterocycles. The molecular weight excluding hydrogens is 246 g/mol. The standard InChI is InChI=1S/C12H16F2N2.ClH/c13-11-5-1-3-9(12(11)14)7-16-6-2-4-10(15)8-16;/h1,3,5,10H,2,4,6-8,15H2;1H/t10-;/m1./s1. The number of nitrogens with two attached hydrogens (primary N) is 1. The highest BCUT2D eigenvalue weighted by atomic mass is 35.5. The van der Waals surface area contributed by atoms with Crippen LogP contribution in [0, 0.1) is 11.6 Å². The molecule has 1 saturated heterocycles. The van der Waals surface area contributed by atoms with E-state index in [1.54, 1.807) is 6.07 Å². The van der Waals surface area contributed by atoms with Gasteiger partial charge in [-0.3, -0.25) is 4.90 Å². The van der Waals surface area contributed by atoms with Crippen molar-refractivity contribution in [1.29, 1.82) is 0 Å². The van der Waals surface area contributed by atoms with Crippen LogP contribution in [0.4, 0.5) is 8.78 Å². The molecule has 0 unspecified atom stereocenters. The van der Waals surface area contributed by atoms with Crippen LogP contribution < -0.4 is 5.73 Å². The SMILES string of the molecule is Cl.N[C@@H]1CCCN(Cc2cccc(F)c2F)C1. The van der Waals surface area contributed by atoms with Crippen molar-refractivity contribution in [1.82, 2.24) is 4.90 Å². The molecular formula is C12H17ClF2N2. The van der Waals surface area contributed by atoms with Crippen molar-refractivity contribution in [3.8, 4) is 0 Å². The van der Waals surface area contributed by atoms with Crippen LogP contribution in [-0.2, 0) is 6.54 Å². The van der Waals surface area contributed by atoms with E-state index < -0.39 is 11.6 Å². The molecule has 17 heavy (non-hydrogen) atoms. The highest BCUT2D eigenvalue weighted by molar-refractivity contribution is 5.85. The summed E-state index contributed by atoms with van der Waals surface area (Å²) in [5.74, 6) is -1.51. The normalized spacial score (nSPS) is 21.0. The molecule has 2 nitrogen and oxygen atoms in total. The predicted molar refractivity (Wildman–Crippen MR) is 66.1 cm³/mol. The summed E-state index contributed by atoms with van der Waals surface area (Å²) in [7, 11) is 0. The Morgan fingerprint density at radius 3 is 2.82 bits per heavy atom. The molecule has 0 saturated carbocycles. The maximum absolute atomic E-state index is 13.4. The molecule has 1 aromatic rings. The number of nitrogens with zero attached hydrogens (tertiary/aromatic N) is 1. The number of rotatable bonds is 2. The summed E-state index contributed by atoms with van der Waals surface area (Å²) >= 11 is 0. The minimum absolute atomic E-state index is 0. The molecule has 1 fully saturated rings. The minimum atomic E-state index is -0.779. The fourth-order valence-electron chi connectivity index (χ4n) is 2.15. The van der Waals surface area contributed by atoms with Crippen molar-refractivity contribution in [2.75, 3.05) is 13.1 Å². The second kappa shape index (κ2) is 6.28. The van der Waals surface area contributed by atoms with Crippen molar-refractivity contribution in [2.45, 2.75) is 25.4 Å². The average molecular weight is 263 g/mol. The van der Waals surface area contributed by atoms with Gasteiger partial charge in [-0.15, -0.1) is 12.4 Å². The fraction of sp³-hybridized carbons (Fsp3) is 0.500. The average Bonchev–Trinajstić information content (AvgIpc) is 2.25. The van der Waals surface area contributed by atoms with Gasteiger partial charge >= 0.3 is 0 Å². The summed E-state index contributed by atoms with van der Waals surface area (Å²) < 4.78 is 26.4. The van der Waals surface area contributed by atoms with E-state index in [1.165, 1.54) is 6.07 Å². The second-order valence-corrected chi connectivity index (χ2v) is 4.35. The number of likely N-dealkylation sites (tertiary alicyclic amines) is 1. The van der Waals surface area contributed by atoms with Gasteiger partial charge in [0.15, 0.2) is 11.6 Å². The van der Waals surface area contributed by atoms with Crippen LogP contribution in [-0.4, -0.2) is 24.0 Å². The van der Waals surface area contributed by atoms with E-state index in [2.05, 4.69) is 4.90 Å². The molecule has 96 valence electrons. The first-order valence-corrected chi connectivity index (χ1v) is 5.57. The van der Waals surface area contributed by atoms with Crippen molar-refractivity contribution >= 4 is 12.4 Å². The summed E-state index contributed by atoms with van der Waals surface area (Å²) in [6.07, 6.45) is 2.04. The minimum Gasteiger partial charge on any atom is -0.327 e. The molecule has 2 rings (SSSR count). The Morgan fingerprint density at radius 2 is 2.12 bits per heavy atom. The highest BCUT2D eigenvalue weighted by Crippen LogP contribution is 2.16. The lowest BCUT2D eigenvalue weighted by molar-refractivity contribution is 0.198. The number of piperidine rings is 1. The Labute approximate surface area is 106 Å². The Balaban J connectivity index is 0.00000144. The van der Waals surface area contributed by atoms with Gasteiger partial charge in [-0.05, 0) is 25.5 Å². The molecule has 2 N–H and O–H groups in total. The summed E-state index contributed by atoms with van der Waals surface area (Å²) in [6.45, 7) is 2.11. The third kappa shape index (κ3) is 3.63. The molecule has 0 radical (unpaired) electrons. The highest BCUT2D eigenvalue weighted by Gasteiger charge is 2.18. The van der Waals surface area contributed by atoms with Gasteiger partial charge in [0.1, 0.15) is 0 Å². The lowest BCUT2D eigenvalue weighted by Gasteiger charge is -2.30. The molecule has 1 atom stereocenters. The maximum atomic E-state index is 13.4. The number of hydrogen-bond acceptors (Lipinski definition) is 2. The van der Waals surface area contributed by atoms with Gasteiger partial charge in [0.2, 0.25) is 0 Å². The van der Waals surface area contributed by atoms with Crippen LogP contribution in [0.25, 0.3) is 0 Å². The van der Waals surface area contributed by atoms with E-state index in [0.717, 1.165) is 32.0 Å². The molecule has 1 heterocycles. The molecule has 5 heteroatoms. The van der Waals surface area contributed by atoms with Crippen LogP contribution >= 0.6 is 12.4 Å². The van der Waals surface area contributed by atoms with Crippen molar-refractivity contribution < 1.29 is 8.78 Å². The van der Waals surface area contributed by atoms with Crippen LogP contribution in [0.5, 0.6) is 0 Å². The Kier molecular flexibility index (Phi) is 5.31. The molecule has 0 bridgehead atoms. The van der Waals surface area contributed by atoms with E-state index in [0.29, 0.717) is 12.1 Å². The third-order valence-corrected chi connectivity index (χ3v) is 2.97. The number of benzene rings is 1. The first kappa shape index (κ1) is 14.4. The number of halogens is 3. The Hall–Kier alpha value is -0.710. The molecule has 0 spiro atoms. The van der Waals surface area contributed by atoms with Crippen LogP contribution in [0.2, 0.25) is 0 Å². The molecule has 0 aromatic heterocycles. The molecule has 1 aromatic carbocycles. The fourth-order valence-corrected chi connectivity index (χ4v) is 2.15. The predicted octanol–water partition coefficient (Wildman–Crippen LogP) is 2.31.